The van der Waals surface area contributed by atoms with Crippen LogP contribution in [0.15, 0.2) is 54.6 Å². The normalized spacial score (nSPS) is 18.5. The van der Waals surface area contributed by atoms with E-state index in [0.29, 0.717) is 6.04 Å². The molecule has 1 heterocycles. The molecular formula is C18H20N2O. The molecule has 1 N–H and O–H groups in total. The Morgan fingerprint density at radius 2 is 1.71 bits per heavy atom. The van der Waals surface area contributed by atoms with Gasteiger partial charge in [0, 0.05) is 31.2 Å². The van der Waals surface area contributed by atoms with Gasteiger partial charge in [-0.15, -0.1) is 0 Å². The Balaban J connectivity index is 1.76. The van der Waals surface area contributed by atoms with Crippen LogP contribution in [-0.4, -0.2) is 36.5 Å². The van der Waals surface area contributed by atoms with Gasteiger partial charge in [0.15, 0.2) is 0 Å². The molecule has 3 heteroatoms. The fraction of sp³-hybridized carbons (Fsp3) is 0.278. The molecule has 3 nitrogen and oxygen atoms in total. The highest BCUT2D eigenvalue weighted by Crippen LogP contribution is 2.20. The molecule has 0 aromatic heterocycles. The number of carbonyl (C=O) groups excluding carboxylic acids is 1. The standard InChI is InChI=1S/C18H20N2O/c1-14-13-20(12-11-19-14)18(21)17-9-7-16(8-10-17)15-5-3-2-4-6-15/h2-10,14,19H,11-13H2,1H3. The lowest BCUT2D eigenvalue weighted by Gasteiger charge is -2.32. The molecule has 1 aliphatic heterocycles. The summed E-state index contributed by atoms with van der Waals surface area (Å²) in [7, 11) is 0. The molecule has 1 atom stereocenters. The molecule has 3 rings (SSSR count). The monoisotopic (exact) mass is 280 g/mol. The minimum Gasteiger partial charge on any atom is -0.336 e. The number of benzene rings is 2. The summed E-state index contributed by atoms with van der Waals surface area (Å²) < 4.78 is 0. The van der Waals surface area contributed by atoms with Crippen LogP contribution >= 0.6 is 0 Å². The van der Waals surface area contributed by atoms with Crippen LogP contribution in [0.2, 0.25) is 0 Å². The van der Waals surface area contributed by atoms with Crippen LogP contribution in [0.5, 0.6) is 0 Å². The Kier molecular flexibility index (Phi) is 4.02. The Morgan fingerprint density at radius 3 is 2.38 bits per heavy atom. The van der Waals surface area contributed by atoms with Gasteiger partial charge in [0.1, 0.15) is 0 Å². The molecule has 108 valence electrons. The Bertz CT molecular complexity index is 607. The van der Waals surface area contributed by atoms with Gasteiger partial charge in [-0.2, -0.15) is 0 Å². The molecule has 21 heavy (non-hydrogen) atoms. The molecule has 1 aliphatic rings. The molecule has 1 saturated heterocycles. The van der Waals surface area contributed by atoms with Gasteiger partial charge in [-0.25, -0.2) is 0 Å². The highest BCUT2D eigenvalue weighted by atomic mass is 16.2. The lowest BCUT2D eigenvalue weighted by atomic mass is 10.0. The summed E-state index contributed by atoms with van der Waals surface area (Å²) in [5.41, 5.74) is 3.08. The fourth-order valence-corrected chi connectivity index (χ4v) is 2.74. The van der Waals surface area contributed by atoms with E-state index in [0.717, 1.165) is 30.8 Å². The third-order valence-corrected chi connectivity index (χ3v) is 3.89. The Labute approximate surface area is 125 Å². The number of rotatable bonds is 2. The SMILES string of the molecule is CC1CN(C(=O)c2ccc(-c3ccccc3)cc2)CCN1. The summed E-state index contributed by atoms with van der Waals surface area (Å²) in [4.78, 5) is 14.4. The van der Waals surface area contributed by atoms with Crippen LogP contribution in [0.4, 0.5) is 0 Å². The zero-order chi connectivity index (χ0) is 14.7. The quantitative estimate of drug-likeness (QED) is 0.917. The number of nitrogens with zero attached hydrogens (tertiary/aromatic N) is 1. The summed E-state index contributed by atoms with van der Waals surface area (Å²) in [6.45, 7) is 4.54. The minimum atomic E-state index is 0.128. The van der Waals surface area contributed by atoms with Gasteiger partial charge in [-0.05, 0) is 30.2 Å². The van der Waals surface area contributed by atoms with Crippen molar-refractivity contribution in [2.24, 2.45) is 0 Å². The predicted molar refractivity (Wildman–Crippen MR) is 85.2 cm³/mol. The molecule has 2 aromatic carbocycles. The maximum atomic E-state index is 12.5. The highest BCUT2D eigenvalue weighted by Gasteiger charge is 2.21. The van der Waals surface area contributed by atoms with Crippen LogP contribution in [0.25, 0.3) is 11.1 Å². The topological polar surface area (TPSA) is 32.3 Å². The first-order valence-corrected chi connectivity index (χ1v) is 7.42. The second-order valence-electron chi connectivity index (χ2n) is 5.55. The number of nitrogens with one attached hydrogen (secondary N) is 1. The second kappa shape index (κ2) is 6.10. The number of piperazine rings is 1. The molecule has 1 unspecified atom stereocenters. The first kappa shape index (κ1) is 13.8. The van der Waals surface area contributed by atoms with E-state index in [1.807, 2.05) is 47.4 Å². The van der Waals surface area contributed by atoms with Crippen molar-refractivity contribution in [1.82, 2.24) is 10.2 Å². The van der Waals surface area contributed by atoms with E-state index in [1.165, 1.54) is 5.56 Å². The molecular weight excluding hydrogens is 260 g/mol. The maximum Gasteiger partial charge on any atom is 0.253 e. The van der Waals surface area contributed by atoms with Crippen LogP contribution in [0.3, 0.4) is 0 Å². The second-order valence-corrected chi connectivity index (χ2v) is 5.55. The first-order valence-electron chi connectivity index (χ1n) is 7.42. The summed E-state index contributed by atoms with van der Waals surface area (Å²) in [6, 6.07) is 18.5. The molecule has 1 fully saturated rings. The van der Waals surface area contributed by atoms with Crippen LogP contribution in [0, 0.1) is 0 Å². The van der Waals surface area contributed by atoms with Gasteiger partial charge in [0.2, 0.25) is 0 Å². The van der Waals surface area contributed by atoms with Gasteiger partial charge in [-0.3, -0.25) is 4.79 Å². The number of hydrogen-bond donors (Lipinski definition) is 1. The lowest BCUT2D eigenvalue weighted by molar-refractivity contribution is 0.0709. The van der Waals surface area contributed by atoms with Crippen LogP contribution in [-0.2, 0) is 0 Å². The zero-order valence-corrected chi connectivity index (χ0v) is 12.3. The molecule has 0 aliphatic carbocycles. The van der Waals surface area contributed by atoms with Gasteiger partial charge in [0.25, 0.3) is 5.91 Å². The smallest absolute Gasteiger partial charge is 0.253 e. The van der Waals surface area contributed by atoms with Crippen molar-refractivity contribution >= 4 is 5.91 Å². The van der Waals surface area contributed by atoms with Crippen molar-refractivity contribution in [3.63, 3.8) is 0 Å². The van der Waals surface area contributed by atoms with E-state index in [1.54, 1.807) is 0 Å². The maximum absolute atomic E-state index is 12.5. The van der Waals surface area contributed by atoms with Crippen LogP contribution < -0.4 is 5.32 Å². The molecule has 2 aromatic rings. The van der Waals surface area contributed by atoms with Crippen LogP contribution in [0.1, 0.15) is 17.3 Å². The Hall–Kier alpha value is -2.13. The van der Waals surface area contributed by atoms with Crippen molar-refractivity contribution in [2.45, 2.75) is 13.0 Å². The van der Waals surface area contributed by atoms with Gasteiger partial charge in [-0.1, -0.05) is 42.5 Å². The van der Waals surface area contributed by atoms with E-state index in [4.69, 9.17) is 0 Å². The fourth-order valence-electron chi connectivity index (χ4n) is 2.74. The van der Waals surface area contributed by atoms with E-state index < -0.39 is 0 Å². The summed E-state index contributed by atoms with van der Waals surface area (Å²) >= 11 is 0. The molecule has 0 bridgehead atoms. The average Bonchev–Trinajstić information content (AvgIpc) is 2.55. The summed E-state index contributed by atoms with van der Waals surface area (Å²) in [6.07, 6.45) is 0. The van der Waals surface area contributed by atoms with Crippen molar-refractivity contribution < 1.29 is 4.79 Å². The van der Waals surface area contributed by atoms with E-state index in [-0.39, 0.29) is 5.91 Å². The van der Waals surface area contributed by atoms with E-state index >= 15 is 0 Å². The highest BCUT2D eigenvalue weighted by molar-refractivity contribution is 5.94. The van der Waals surface area contributed by atoms with Gasteiger partial charge in [0.05, 0.1) is 0 Å². The lowest BCUT2D eigenvalue weighted by Crippen LogP contribution is -2.51. The number of hydrogen-bond acceptors (Lipinski definition) is 2. The first-order chi connectivity index (χ1) is 10.2. The van der Waals surface area contributed by atoms with Gasteiger partial charge < -0.3 is 10.2 Å². The van der Waals surface area contributed by atoms with Crippen molar-refractivity contribution in [3.05, 3.63) is 60.2 Å². The van der Waals surface area contributed by atoms with E-state index in [9.17, 15) is 4.79 Å². The van der Waals surface area contributed by atoms with E-state index in [2.05, 4.69) is 24.4 Å². The summed E-state index contributed by atoms with van der Waals surface area (Å²) in [5.74, 6) is 0.128. The largest absolute Gasteiger partial charge is 0.336 e. The Morgan fingerprint density at radius 1 is 1.05 bits per heavy atom. The third kappa shape index (κ3) is 3.14. The van der Waals surface area contributed by atoms with Crippen molar-refractivity contribution in [1.29, 1.82) is 0 Å². The molecule has 1 amide bonds. The minimum absolute atomic E-state index is 0.128. The summed E-state index contributed by atoms with van der Waals surface area (Å²) in [5, 5.41) is 3.35. The number of amides is 1. The predicted octanol–water partition coefficient (Wildman–Crippen LogP) is 2.79. The molecule has 0 saturated carbocycles. The average molecular weight is 280 g/mol. The van der Waals surface area contributed by atoms with Crippen molar-refractivity contribution in [3.8, 4) is 11.1 Å². The van der Waals surface area contributed by atoms with Gasteiger partial charge >= 0.3 is 0 Å². The zero-order valence-electron chi connectivity index (χ0n) is 12.3. The third-order valence-electron chi connectivity index (χ3n) is 3.89. The molecule has 0 spiro atoms. The molecule has 0 radical (unpaired) electrons. The number of carbonyl (C=O) groups is 1. The van der Waals surface area contributed by atoms with Crippen molar-refractivity contribution in [2.75, 3.05) is 19.6 Å².